The van der Waals surface area contributed by atoms with Crippen LogP contribution in [0.2, 0.25) is 0 Å². The van der Waals surface area contributed by atoms with Crippen LogP contribution in [0.5, 0.6) is 11.5 Å². The molecule has 1 unspecified atom stereocenters. The van der Waals surface area contributed by atoms with Crippen molar-refractivity contribution in [3.05, 3.63) is 45.6 Å². The van der Waals surface area contributed by atoms with Gasteiger partial charge in [-0.25, -0.2) is 4.79 Å². The summed E-state index contributed by atoms with van der Waals surface area (Å²) in [5.74, 6) is 0.312. The van der Waals surface area contributed by atoms with Gasteiger partial charge in [0.25, 0.3) is 5.91 Å². The number of hydrogen-bond acceptors (Lipinski definition) is 6. The molecule has 1 saturated heterocycles. The zero-order valence-electron chi connectivity index (χ0n) is 15.7. The van der Waals surface area contributed by atoms with Gasteiger partial charge in [0.1, 0.15) is 11.5 Å². The van der Waals surface area contributed by atoms with E-state index in [-0.39, 0.29) is 18.6 Å². The Morgan fingerprint density at radius 3 is 2.52 bits per heavy atom. The number of carbonyl (C=O) groups excluding carboxylic acids is 2. The highest BCUT2D eigenvalue weighted by Crippen LogP contribution is 2.34. The SMILES string of the molecule is COc1cc(C(=O)OCC(=O)N2CCCC2c2cccs2)cc(OC)c1C. The molecule has 1 aromatic carbocycles. The molecule has 2 heterocycles. The van der Waals surface area contributed by atoms with Crippen LogP contribution < -0.4 is 9.47 Å². The molecule has 0 spiro atoms. The van der Waals surface area contributed by atoms with E-state index in [2.05, 4.69) is 0 Å². The zero-order valence-corrected chi connectivity index (χ0v) is 16.5. The first-order valence-corrected chi connectivity index (χ1v) is 9.65. The lowest BCUT2D eigenvalue weighted by Gasteiger charge is -2.23. The van der Waals surface area contributed by atoms with Crippen LogP contribution in [0.25, 0.3) is 0 Å². The van der Waals surface area contributed by atoms with Gasteiger partial charge in [0.05, 0.1) is 25.8 Å². The highest BCUT2D eigenvalue weighted by atomic mass is 32.1. The van der Waals surface area contributed by atoms with Crippen LogP contribution in [0.1, 0.15) is 39.7 Å². The maximum atomic E-state index is 12.6. The first kappa shape index (κ1) is 19.2. The number of benzene rings is 1. The number of thiophene rings is 1. The number of hydrogen-bond donors (Lipinski definition) is 0. The Bertz CT molecular complexity index is 793. The number of nitrogens with zero attached hydrogens (tertiary/aromatic N) is 1. The summed E-state index contributed by atoms with van der Waals surface area (Å²) in [5.41, 5.74) is 1.09. The Hall–Kier alpha value is -2.54. The van der Waals surface area contributed by atoms with Crippen molar-refractivity contribution in [2.75, 3.05) is 27.4 Å². The van der Waals surface area contributed by atoms with E-state index in [1.165, 1.54) is 19.1 Å². The molecule has 1 amide bonds. The van der Waals surface area contributed by atoms with Gasteiger partial charge in [-0.2, -0.15) is 0 Å². The van der Waals surface area contributed by atoms with E-state index in [1.54, 1.807) is 28.4 Å². The molecule has 7 heteroatoms. The molecule has 1 atom stereocenters. The molecule has 6 nitrogen and oxygen atoms in total. The van der Waals surface area contributed by atoms with Gasteiger partial charge in [0.2, 0.25) is 0 Å². The van der Waals surface area contributed by atoms with E-state index in [1.807, 2.05) is 24.4 Å². The number of amides is 1. The second-order valence-electron chi connectivity index (χ2n) is 6.34. The fraction of sp³-hybridized carbons (Fsp3) is 0.400. The molecule has 1 fully saturated rings. The number of ether oxygens (including phenoxy) is 3. The van der Waals surface area contributed by atoms with Crippen LogP contribution in [-0.2, 0) is 9.53 Å². The van der Waals surface area contributed by atoms with Crippen LogP contribution >= 0.6 is 11.3 Å². The van der Waals surface area contributed by atoms with Gasteiger partial charge in [0.15, 0.2) is 6.61 Å². The van der Waals surface area contributed by atoms with Crippen molar-refractivity contribution in [1.82, 2.24) is 4.90 Å². The number of esters is 1. The molecule has 144 valence electrons. The third kappa shape index (κ3) is 4.08. The normalized spacial score (nSPS) is 16.3. The highest BCUT2D eigenvalue weighted by molar-refractivity contribution is 7.10. The van der Waals surface area contributed by atoms with Crippen LogP contribution in [0.4, 0.5) is 0 Å². The van der Waals surface area contributed by atoms with Gasteiger partial charge in [-0.05, 0) is 43.3 Å². The van der Waals surface area contributed by atoms with E-state index in [9.17, 15) is 9.59 Å². The first-order chi connectivity index (χ1) is 13.0. The molecule has 1 aliphatic heterocycles. The molecule has 0 bridgehead atoms. The molecule has 2 aromatic rings. The van der Waals surface area contributed by atoms with Crippen LogP contribution in [0, 0.1) is 6.92 Å². The van der Waals surface area contributed by atoms with Gasteiger partial charge in [-0.15, -0.1) is 11.3 Å². The maximum absolute atomic E-state index is 12.6. The van der Waals surface area contributed by atoms with E-state index in [0.29, 0.717) is 23.6 Å². The summed E-state index contributed by atoms with van der Waals surface area (Å²) in [4.78, 5) is 28.0. The first-order valence-electron chi connectivity index (χ1n) is 8.77. The third-order valence-corrected chi connectivity index (χ3v) is 5.73. The largest absolute Gasteiger partial charge is 0.496 e. The fourth-order valence-electron chi connectivity index (χ4n) is 3.34. The predicted molar refractivity (Wildman–Crippen MR) is 103 cm³/mol. The molecule has 27 heavy (non-hydrogen) atoms. The van der Waals surface area contributed by atoms with E-state index in [0.717, 1.165) is 18.4 Å². The Morgan fingerprint density at radius 1 is 1.22 bits per heavy atom. The Balaban J connectivity index is 1.66. The minimum absolute atomic E-state index is 0.0794. The molecule has 0 radical (unpaired) electrons. The monoisotopic (exact) mass is 389 g/mol. The van der Waals surface area contributed by atoms with Crippen LogP contribution in [0.3, 0.4) is 0 Å². The quantitative estimate of drug-likeness (QED) is 0.707. The summed E-state index contributed by atoms with van der Waals surface area (Å²) < 4.78 is 15.8. The molecular weight excluding hydrogens is 366 g/mol. The van der Waals surface area contributed by atoms with Gasteiger partial charge in [-0.1, -0.05) is 6.07 Å². The van der Waals surface area contributed by atoms with Crippen molar-refractivity contribution < 1.29 is 23.8 Å². The van der Waals surface area contributed by atoms with E-state index >= 15 is 0 Å². The second-order valence-corrected chi connectivity index (χ2v) is 7.32. The molecule has 0 saturated carbocycles. The Kier molecular flexibility index (Phi) is 6.01. The highest BCUT2D eigenvalue weighted by Gasteiger charge is 2.31. The fourth-order valence-corrected chi connectivity index (χ4v) is 4.21. The Morgan fingerprint density at radius 2 is 1.93 bits per heavy atom. The average Bonchev–Trinajstić information content (AvgIpc) is 3.37. The number of carbonyl (C=O) groups is 2. The predicted octanol–water partition coefficient (Wildman–Crippen LogP) is 3.59. The van der Waals surface area contributed by atoms with Gasteiger partial charge in [-0.3, -0.25) is 4.79 Å². The van der Waals surface area contributed by atoms with Crippen molar-refractivity contribution in [2.24, 2.45) is 0 Å². The van der Waals surface area contributed by atoms with Crippen molar-refractivity contribution in [3.8, 4) is 11.5 Å². The molecule has 0 N–H and O–H groups in total. The maximum Gasteiger partial charge on any atom is 0.338 e. The third-order valence-electron chi connectivity index (χ3n) is 4.76. The Labute approximate surface area is 162 Å². The number of rotatable bonds is 6. The summed E-state index contributed by atoms with van der Waals surface area (Å²) in [6.07, 6.45) is 1.89. The zero-order chi connectivity index (χ0) is 19.4. The molecule has 0 aliphatic carbocycles. The number of methoxy groups -OCH3 is 2. The van der Waals surface area contributed by atoms with E-state index in [4.69, 9.17) is 14.2 Å². The van der Waals surface area contributed by atoms with Gasteiger partial charge in [0, 0.05) is 17.0 Å². The molecule has 1 aromatic heterocycles. The molecule has 1 aliphatic rings. The lowest BCUT2D eigenvalue weighted by atomic mass is 10.1. The van der Waals surface area contributed by atoms with Gasteiger partial charge >= 0.3 is 5.97 Å². The average molecular weight is 389 g/mol. The summed E-state index contributed by atoms with van der Waals surface area (Å²) in [5, 5.41) is 2.01. The molecular formula is C20H23NO5S. The summed E-state index contributed by atoms with van der Waals surface area (Å²) in [6.45, 7) is 2.25. The van der Waals surface area contributed by atoms with Crippen LogP contribution in [0.15, 0.2) is 29.6 Å². The van der Waals surface area contributed by atoms with E-state index < -0.39 is 5.97 Å². The lowest BCUT2D eigenvalue weighted by Crippen LogP contribution is -2.34. The van der Waals surface area contributed by atoms with Crippen molar-refractivity contribution >= 4 is 23.2 Å². The summed E-state index contributed by atoms with van der Waals surface area (Å²) in [6, 6.07) is 7.29. The standard InChI is InChI=1S/C20H23NO5S/c1-13-16(24-2)10-14(11-17(13)25-3)20(23)26-12-19(22)21-8-4-6-15(21)18-7-5-9-27-18/h5,7,9-11,15H,4,6,8,12H2,1-3H3. The lowest BCUT2D eigenvalue weighted by molar-refractivity contribution is -0.135. The summed E-state index contributed by atoms with van der Waals surface area (Å²) in [7, 11) is 3.05. The second kappa shape index (κ2) is 8.43. The number of likely N-dealkylation sites (tertiary alicyclic amines) is 1. The van der Waals surface area contributed by atoms with Gasteiger partial charge < -0.3 is 19.1 Å². The van der Waals surface area contributed by atoms with Crippen molar-refractivity contribution in [3.63, 3.8) is 0 Å². The minimum Gasteiger partial charge on any atom is -0.496 e. The van der Waals surface area contributed by atoms with Crippen molar-refractivity contribution in [1.29, 1.82) is 0 Å². The minimum atomic E-state index is -0.577. The molecule has 3 rings (SSSR count). The topological polar surface area (TPSA) is 65.1 Å². The smallest absolute Gasteiger partial charge is 0.338 e. The van der Waals surface area contributed by atoms with Crippen LogP contribution in [-0.4, -0.2) is 44.1 Å². The summed E-state index contributed by atoms with van der Waals surface area (Å²) >= 11 is 1.64. The van der Waals surface area contributed by atoms with Crippen molar-refractivity contribution in [2.45, 2.75) is 25.8 Å².